The molecule has 9 heteroatoms. The van der Waals surface area contributed by atoms with E-state index in [1.807, 2.05) is 49.6 Å². The fourth-order valence-corrected chi connectivity index (χ4v) is 3.51. The zero-order valence-electron chi connectivity index (χ0n) is 17.7. The van der Waals surface area contributed by atoms with Crippen LogP contribution in [0.5, 0.6) is 0 Å². The summed E-state index contributed by atoms with van der Waals surface area (Å²) in [5.74, 6) is 1.93. The van der Waals surface area contributed by atoms with E-state index in [2.05, 4.69) is 25.1 Å². The molecule has 4 rings (SSSR count). The Morgan fingerprint density at radius 1 is 1.00 bits per heavy atom. The molecule has 0 unspecified atom stereocenters. The van der Waals surface area contributed by atoms with Gasteiger partial charge in [0.25, 0.3) is 0 Å². The molecule has 0 aliphatic carbocycles. The van der Waals surface area contributed by atoms with Crippen molar-refractivity contribution in [2.75, 3.05) is 60.3 Å². The lowest BCUT2D eigenvalue weighted by molar-refractivity contribution is 0.100. The van der Waals surface area contributed by atoms with Gasteiger partial charge in [-0.3, -0.25) is 4.79 Å². The van der Waals surface area contributed by atoms with Gasteiger partial charge in [0.1, 0.15) is 5.82 Å². The number of hydrogen-bond acceptors (Lipinski definition) is 8. The molecule has 1 aliphatic heterocycles. The summed E-state index contributed by atoms with van der Waals surface area (Å²) >= 11 is 0. The molecule has 3 N–H and O–H groups in total. The first-order valence-corrected chi connectivity index (χ1v) is 10.1. The van der Waals surface area contributed by atoms with Crippen molar-refractivity contribution in [1.82, 2.24) is 15.0 Å². The van der Waals surface area contributed by atoms with Crippen molar-refractivity contribution in [2.24, 2.45) is 5.73 Å². The highest BCUT2D eigenvalue weighted by atomic mass is 16.1. The van der Waals surface area contributed by atoms with E-state index in [9.17, 15) is 4.79 Å². The van der Waals surface area contributed by atoms with Crippen LogP contribution in [0, 0.1) is 0 Å². The molecule has 1 amide bonds. The van der Waals surface area contributed by atoms with Crippen molar-refractivity contribution in [3.8, 4) is 0 Å². The first kappa shape index (κ1) is 20.4. The number of carbonyl (C=O) groups is 1. The van der Waals surface area contributed by atoms with Crippen molar-refractivity contribution in [2.45, 2.75) is 0 Å². The molecule has 0 saturated carbocycles. The van der Waals surface area contributed by atoms with Gasteiger partial charge in [0.05, 0.1) is 11.9 Å². The third-order valence-electron chi connectivity index (χ3n) is 5.21. The van der Waals surface area contributed by atoms with Gasteiger partial charge in [-0.1, -0.05) is 6.07 Å². The molecule has 160 valence electrons. The lowest BCUT2D eigenvalue weighted by atomic mass is 10.2. The first-order chi connectivity index (χ1) is 15.0. The number of aromatic nitrogens is 3. The van der Waals surface area contributed by atoms with E-state index in [0.29, 0.717) is 11.5 Å². The SMILES string of the molecule is CN(C)c1cnc(Nc2ccc(C(N)=O)cc2)nc1N1CCN(c2ccccn2)CC1. The van der Waals surface area contributed by atoms with E-state index in [4.69, 9.17) is 10.7 Å². The van der Waals surface area contributed by atoms with Crippen LogP contribution in [-0.4, -0.2) is 61.1 Å². The first-order valence-electron chi connectivity index (χ1n) is 10.1. The number of piperazine rings is 1. The number of nitrogens with one attached hydrogen (secondary N) is 1. The van der Waals surface area contributed by atoms with Crippen LogP contribution in [0.3, 0.4) is 0 Å². The monoisotopic (exact) mass is 418 g/mol. The molecule has 0 bridgehead atoms. The van der Waals surface area contributed by atoms with Crippen LogP contribution in [0.15, 0.2) is 54.9 Å². The quantitative estimate of drug-likeness (QED) is 0.627. The van der Waals surface area contributed by atoms with Crippen LogP contribution in [0.1, 0.15) is 10.4 Å². The van der Waals surface area contributed by atoms with E-state index in [0.717, 1.165) is 49.2 Å². The van der Waals surface area contributed by atoms with E-state index >= 15 is 0 Å². The minimum atomic E-state index is -0.453. The average Bonchev–Trinajstić information content (AvgIpc) is 2.80. The highest BCUT2D eigenvalue weighted by Gasteiger charge is 2.22. The molecule has 9 nitrogen and oxygen atoms in total. The molecule has 1 aromatic carbocycles. The number of carbonyl (C=O) groups excluding carboxylic acids is 1. The summed E-state index contributed by atoms with van der Waals surface area (Å²) in [7, 11) is 3.98. The summed E-state index contributed by atoms with van der Waals surface area (Å²) in [6.45, 7) is 3.40. The smallest absolute Gasteiger partial charge is 0.248 e. The van der Waals surface area contributed by atoms with Crippen LogP contribution in [0.25, 0.3) is 0 Å². The third-order valence-corrected chi connectivity index (χ3v) is 5.21. The van der Waals surface area contributed by atoms with Gasteiger partial charge in [0, 0.05) is 57.7 Å². The lowest BCUT2D eigenvalue weighted by Crippen LogP contribution is -2.47. The van der Waals surface area contributed by atoms with Gasteiger partial charge in [0.2, 0.25) is 11.9 Å². The Morgan fingerprint density at radius 3 is 2.32 bits per heavy atom. The summed E-state index contributed by atoms with van der Waals surface area (Å²) in [4.78, 5) is 31.6. The van der Waals surface area contributed by atoms with Crippen molar-refractivity contribution in [1.29, 1.82) is 0 Å². The molecule has 1 aliphatic rings. The van der Waals surface area contributed by atoms with Gasteiger partial charge >= 0.3 is 0 Å². The normalized spacial score (nSPS) is 13.7. The maximum Gasteiger partial charge on any atom is 0.248 e. The van der Waals surface area contributed by atoms with Crippen LogP contribution in [-0.2, 0) is 0 Å². The van der Waals surface area contributed by atoms with Gasteiger partial charge in [-0.25, -0.2) is 9.97 Å². The molecule has 0 atom stereocenters. The molecule has 1 fully saturated rings. The average molecular weight is 419 g/mol. The Labute approximate surface area is 181 Å². The van der Waals surface area contributed by atoms with Crippen LogP contribution in [0.4, 0.5) is 29.0 Å². The number of benzene rings is 1. The highest BCUT2D eigenvalue weighted by Crippen LogP contribution is 2.28. The minimum absolute atomic E-state index is 0.453. The number of rotatable bonds is 6. The Bertz CT molecular complexity index is 1030. The number of nitrogens with two attached hydrogens (primary N) is 1. The molecule has 0 radical (unpaired) electrons. The number of nitrogens with zero attached hydrogens (tertiary/aromatic N) is 6. The second kappa shape index (κ2) is 8.86. The fourth-order valence-electron chi connectivity index (χ4n) is 3.51. The molecule has 1 saturated heterocycles. The van der Waals surface area contributed by atoms with Crippen molar-refractivity contribution in [3.63, 3.8) is 0 Å². The Kier molecular flexibility index (Phi) is 5.83. The number of anilines is 5. The Hall–Kier alpha value is -3.88. The van der Waals surface area contributed by atoms with Gasteiger partial charge < -0.3 is 25.8 Å². The summed E-state index contributed by atoms with van der Waals surface area (Å²) < 4.78 is 0. The van der Waals surface area contributed by atoms with E-state index in [-0.39, 0.29) is 0 Å². The Morgan fingerprint density at radius 2 is 1.71 bits per heavy atom. The maximum atomic E-state index is 11.3. The number of amides is 1. The standard InChI is InChI=1S/C22H26N8O/c1-28(2)18-15-25-22(26-17-8-6-16(7-9-17)20(23)31)27-21(18)30-13-11-29(12-14-30)19-5-3-4-10-24-19/h3-10,15H,11-14H2,1-2H3,(H2,23,31)(H,25,26,27). The largest absolute Gasteiger partial charge is 0.373 e. The molecular weight excluding hydrogens is 392 g/mol. The van der Waals surface area contributed by atoms with Gasteiger partial charge in [-0.15, -0.1) is 0 Å². The molecule has 31 heavy (non-hydrogen) atoms. The lowest BCUT2D eigenvalue weighted by Gasteiger charge is -2.37. The number of primary amides is 1. The Balaban J connectivity index is 1.52. The maximum absolute atomic E-state index is 11.3. The predicted octanol–water partition coefficient (Wildman–Crippen LogP) is 2.11. The van der Waals surface area contributed by atoms with Gasteiger partial charge in [-0.05, 0) is 36.4 Å². The van der Waals surface area contributed by atoms with Gasteiger partial charge in [-0.2, -0.15) is 4.98 Å². The van der Waals surface area contributed by atoms with Crippen LogP contribution < -0.4 is 25.8 Å². The fraction of sp³-hybridized carbons (Fsp3) is 0.273. The van der Waals surface area contributed by atoms with E-state index in [1.54, 1.807) is 24.3 Å². The summed E-state index contributed by atoms with van der Waals surface area (Å²) in [5, 5.41) is 3.21. The zero-order valence-corrected chi connectivity index (χ0v) is 17.7. The predicted molar refractivity (Wildman–Crippen MR) is 123 cm³/mol. The number of pyridine rings is 1. The molecule has 3 heterocycles. The second-order valence-electron chi connectivity index (χ2n) is 7.53. The van der Waals surface area contributed by atoms with Crippen molar-refractivity contribution >= 4 is 34.9 Å². The molecule has 2 aromatic heterocycles. The van der Waals surface area contributed by atoms with E-state index in [1.165, 1.54) is 0 Å². The zero-order chi connectivity index (χ0) is 21.8. The van der Waals surface area contributed by atoms with Gasteiger partial charge in [0.15, 0.2) is 5.82 Å². The van der Waals surface area contributed by atoms with Crippen LogP contribution in [0.2, 0.25) is 0 Å². The van der Waals surface area contributed by atoms with Crippen molar-refractivity contribution < 1.29 is 4.79 Å². The third kappa shape index (κ3) is 4.66. The topological polar surface area (TPSA) is 104 Å². The highest BCUT2D eigenvalue weighted by molar-refractivity contribution is 5.93. The second-order valence-corrected chi connectivity index (χ2v) is 7.53. The van der Waals surface area contributed by atoms with Crippen molar-refractivity contribution in [3.05, 3.63) is 60.4 Å². The summed E-state index contributed by atoms with van der Waals surface area (Å²) in [5.41, 5.74) is 7.51. The molecule has 0 spiro atoms. The molecular formula is C22H26N8O. The number of hydrogen-bond donors (Lipinski definition) is 2. The minimum Gasteiger partial charge on any atom is -0.373 e. The summed E-state index contributed by atoms with van der Waals surface area (Å²) in [6.07, 6.45) is 3.65. The summed E-state index contributed by atoms with van der Waals surface area (Å²) in [6, 6.07) is 12.9. The van der Waals surface area contributed by atoms with Crippen LogP contribution >= 0.6 is 0 Å². The van der Waals surface area contributed by atoms with E-state index < -0.39 is 5.91 Å². The molecule has 3 aromatic rings.